The molecule has 0 saturated carbocycles. The summed E-state index contributed by atoms with van der Waals surface area (Å²) in [5.74, 6) is 1.66. The van der Waals surface area contributed by atoms with Crippen molar-refractivity contribution < 1.29 is 0 Å². The van der Waals surface area contributed by atoms with E-state index in [-0.39, 0.29) is 6.04 Å². The highest BCUT2D eigenvalue weighted by atomic mass is 15.0. The summed E-state index contributed by atoms with van der Waals surface area (Å²) in [5, 5.41) is 3.22. The van der Waals surface area contributed by atoms with Crippen molar-refractivity contribution in [3.8, 4) is 0 Å². The van der Waals surface area contributed by atoms with Gasteiger partial charge in [-0.15, -0.1) is 0 Å². The topological polar surface area (TPSA) is 63.8 Å². The molecule has 14 heavy (non-hydrogen) atoms. The number of hydrogen-bond donors (Lipinski definition) is 2. The second-order valence-corrected chi connectivity index (χ2v) is 3.37. The van der Waals surface area contributed by atoms with Gasteiger partial charge in [-0.25, -0.2) is 9.97 Å². The average molecular weight is 194 g/mol. The van der Waals surface area contributed by atoms with Crippen molar-refractivity contribution in [3.05, 3.63) is 18.1 Å². The molecule has 1 atom stereocenters. The highest BCUT2D eigenvalue weighted by Gasteiger charge is 1.99. The first-order valence-electron chi connectivity index (χ1n) is 5.01. The van der Waals surface area contributed by atoms with Gasteiger partial charge in [0, 0.05) is 18.8 Å². The Labute approximate surface area is 85.0 Å². The molecule has 0 aliphatic rings. The SMILES string of the molecule is CCC(N)CCNc1ccnc(C)n1. The molecule has 1 heterocycles. The summed E-state index contributed by atoms with van der Waals surface area (Å²) in [4.78, 5) is 8.26. The lowest BCUT2D eigenvalue weighted by molar-refractivity contribution is 0.613. The molecule has 0 aliphatic carbocycles. The summed E-state index contributed by atoms with van der Waals surface area (Å²) in [5.41, 5.74) is 5.79. The molecule has 0 bridgehead atoms. The molecule has 0 aromatic carbocycles. The van der Waals surface area contributed by atoms with Gasteiger partial charge in [0.25, 0.3) is 0 Å². The van der Waals surface area contributed by atoms with Crippen LogP contribution in [0.5, 0.6) is 0 Å². The second-order valence-electron chi connectivity index (χ2n) is 3.37. The van der Waals surface area contributed by atoms with Crippen molar-refractivity contribution in [2.24, 2.45) is 5.73 Å². The smallest absolute Gasteiger partial charge is 0.129 e. The molecule has 1 unspecified atom stereocenters. The summed E-state index contributed by atoms with van der Waals surface area (Å²) in [6.45, 7) is 4.84. The number of anilines is 1. The van der Waals surface area contributed by atoms with E-state index >= 15 is 0 Å². The molecular weight excluding hydrogens is 176 g/mol. The van der Waals surface area contributed by atoms with E-state index in [1.165, 1.54) is 0 Å². The molecule has 0 spiro atoms. The maximum Gasteiger partial charge on any atom is 0.129 e. The largest absolute Gasteiger partial charge is 0.370 e. The minimum absolute atomic E-state index is 0.283. The molecule has 1 aromatic heterocycles. The van der Waals surface area contributed by atoms with Gasteiger partial charge in [0.2, 0.25) is 0 Å². The van der Waals surface area contributed by atoms with Crippen molar-refractivity contribution in [2.45, 2.75) is 32.7 Å². The third-order valence-corrected chi connectivity index (χ3v) is 2.12. The van der Waals surface area contributed by atoms with E-state index in [9.17, 15) is 0 Å². The molecule has 0 saturated heterocycles. The number of aromatic nitrogens is 2. The number of nitrogens with two attached hydrogens (primary N) is 1. The van der Waals surface area contributed by atoms with E-state index in [1.807, 2.05) is 13.0 Å². The monoisotopic (exact) mass is 194 g/mol. The zero-order chi connectivity index (χ0) is 10.4. The van der Waals surface area contributed by atoms with Crippen LogP contribution in [0.4, 0.5) is 5.82 Å². The van der Waals surface area contributed by atoms with Crippen molar-refractivity contribution in [2.75, 3.05) is 11.9 Å². The number of aryl methyl sites for hydroxylation is 1. The van der Waals surface area contributed by atoms with Gasteiger partial charge in [-0.3, -0.25) is 0 Å². The van der Waals surface area contributed by atoms with Crippen LogP contribution in [-0.2, 0) is 0 Å². The van der Waals surface area contributed by atoms with Crippen LogP contribution in [0.1, 0.15) is 25.6 Å². The Morgan fingerprint density at radius 3 is 3.00 bits per heavy atom. The number of nitrogens with zero attached hydrogens (tertiary/aromatic N) is 2. The lowest BCUT2D eigenvalue weighted by Crippen LogP contribution is -2.22. The quantitative estimate of drug-likeness (QED) is 0.742. The van der Waals surface area contributed by atoms with Gasteiger partial charge >= 0.3 is 0 Å². The van der Waals surface area contributed by atoms with E-state index in [2.05, 4.69) is 22.2 Å². The van der Waals surface area contributed by atoms with Crippen LogP contribution in [0.15, 0.2) is 12.3 Å². The number of rotatable bonds is 5. The minimum atomic E-state index is 0.283. The number of nitrogens with one attached hydrogen (secondary N) is 1. The molecule has 3 N–H and O–H groups in total. The predicted molar refractivity (Wildman–Crippen MR) is 58.1 cm³/mol. The molecular formula is C10H18N4. The fraction of sp³-hybridized carbons (Fsp3) is 0.600. The maximum absolute atomic E-state index is 5.79. The normalized spacial score (nSPS) is 12.5. The molecule has 0 radical (unpaired) electrons. The van der Waals surface area contributed by atoms with Crippen molar-refractivity contribution in [1.29, 1.82) is 0 Å². The van der Waals surface area contributed by atoms with Crippen LogP contribution in [0.3, 0.4) is 0 Å². The molecule has 0 fully saturated rings. The molecule has 78 valence electrons. The zero-order valence-electron chi connectivity index (χ0n) is 8.83. The number of hydrogen-bond acceptors (Lipinski definition) is 4. The first-order valence-corrected chi connectivity index (χ1v) is 5.01. The highest BCUT2D eigenvalue weighted by Crippen LogP contribution is 2.02. The van der Waals surface area contributed by atoms with Gasteiger partial charge < -0.3 is 11.1 Å². The van der Waals surface area contributed by atoms with Crippen LogP contribution < -0.4 is 11.1 Å². The lowest BCUT2D eigenvalue weighted by Gasteiger charge is -2.09. The van der Waals surface area contributed by atoms with E-state index in [0.717, 1.165) is 31.0 Å². The third kappa shape index (κ3) is 3.70. The van der Waals surface area contributed by atoms with Gasteiger partial charge in [-0.2, -0.15) is 0 Å². The zero-order valence-corrected chi connectivity index (χ0v) is 8.83. The van der Waals surface area contributed by atoms with Gasteiger partial charge in [0.05, 0.1) is 0 Å². The Balaban J connectivity index is 2.31. The summed E-state index contributed by atoms with van der Waals surface area (Å²) in [6.07, 6.45) is 3.74. The van der Waals surface area contributed by atoms with Crippen LogP contribution in [-0.4, -0.2) is 22.6 Å². The Hall–Kier alpha value is -1.16. The minimum Gasteiger partial charge on any atom is -0.370 e. The average Bonchev–Trinajstić information content (AvgIpc) is 2.17. The molecule has 0 aliphatic heterocycles. The lowest BCUT2D eigenvalue weighted by atomic mass is 10.2. The van der Waals surface area contributed by atoms with Crippen molar-refractivity contribution in [3.63, 3.8) is 0 Å². The van der Waals surface area contributed by atoms with Gasteiger partial charge in [-0.05, 0) is 25.8 Å². The van der Waals surface area contributed by atoms with E-state index in [4.69, 9.17) is 5.73 Å². The highest BCUT2D eigenvalue weighted by molar-refractivity contribution is 5.32. The van der Waals surface area contributed by atoms with Gasteiger partial charge in [0.1, 0.15) is 11.6 Å². The first-order chi connectivity index (χ1) is 6.72. The van der Waals surface area contributed by atoms with Crippen molar-refractivity contribution in [1.82, 2.24) is 9.97 Å². The summed E-state index contributed by atoms with van der Waals surface area (Å²) >= 11 is 0. The van der Waals surface area contributed by atoms with Crippen LogP contribution >= 0.6 is 0 Å². The third-order valence-electron chi connectivity index (χ3n) is 2.12. The predicted octanol–water partition coefficient (Wildman–Crippen LogP) is 1.32. The van der Waals surface area contributed by atoms with Crippen LogP contribution in [0.25, 0.3) is 0 Å². The second kappa shape index (κ2) is 5.54. The maximum atomic E-state index is 5.79. The Kier molecular flexibility index (Phi) is 4.32. The van der Waals surface area contributed by atoms with Gasteiger partial charge in [-0.1, -0.05) is 6.92 Å². The van der Waals surface area contributed by atoms with E-state index < -0.39 is 0 Å². The molecule has 0 amide bonds. The summed E-state index contributed by atoms with van der Waals surface area (Å²) < 4.78 is 0. The van der Waals surface area contributed by atoms with Crippen LogP contribution in [0.2, 0.25) is 0 Å². The Morgan fingerprint density at radius 1 is 1.57 bits per heavy atom. The summed E-state index contributed by atoms with van der Waals surface area (Å²) in [6, 6.07) is 2.15. The molecule has 1 aromatic rings. The molecule has 4 heteroatoms. The van der Waals surface area contributed by atoms with E-state index in [1.54, 1.807) is 6.20 Å². The van der Waals surface area contributed by atoms with Crippen molar-refractivity contribution >= 4 is 5.82 Å². The molecule has 4 nitrogen and oxygen atoms in total. The molecule has 1 rings (SSSR count). The van der Waals surface area contributed by atoms with Gasteiger partial charge in [0.15, 0.2) is 0 Å². The van der Waals surface area contributed by atoms with Crippen LogP contribution in [0, 0.1) is 6.92 Å². The first kappa shape index (κ1) is 10.9. The Morgan fingerprint density at radius 2 is 2.36 bits per heavy atom. The summed E-state index contributed by atoms with van der Waals surface area (Å²) in [7, 11) is 0. The van der Waals surface area contributed by atoms with E-state index in [0.29, 0.717) is 0 Å². The fourth-order valence-electron chi connectivity index (χ4n) is 1.14. The fourth-order valence-corrected chi connectivity index (χ4v) is 1.14. The Bertz CT molecular complexity index is 275. The standard InChI is InChI=1S/C10H18N4/c1-3-9(11)4-6-13-10-5-7-12-8(2)14-10/h5,7,9H,3-4,6,11H2,1-2H3,(H,12,13,14).